The highest BCUT2D eigenvalue weighted by Gasteiger charge is 2.17. The Morgan fingerprint density at radius 2 is 2.05 bits per heavy atom. The van der Waals surface area contributed by atoms with Gasteiger partial charge in [-0.25, -0.2) is 4.98 Å². The van der Waals surface area contributed by atoms with Crippen molar-refractivity contribution >= 4 is 35.1 Å². The second-order valence-electron chi connectivity index (χ2n) is 3.75. The molecule has 1 aromatic rings. The van der Waals surface area contributed by atoms with Gasteiger partial charge in [0.1, 0.15) is 10.3 Å². The summed E-state index contributed by atoms with van der Waals surface area (Å²) in [7, 11) is 1.58. The van der Waals surface area contributed by atoms with Gasteiger partial charge in [0.2, 0.25) is 0 Å². The van der Waals surface area contributed by atoms with E-state index in [0.717, 1.165) is 0 Å². The minimum atomic E-state index is -0.345. The largest absolute Gasteiger partial charge is 0.466 e. The molecule has 1 rings (SSSR count). The van der Waals surface area contributed by atoms with Gasteiger partial charge in [-0.1, -0.05) is 23.2 Å². The van der Waals surface area contributed by atoms with Crippen molar-refractivity contribution in [1.29, 1.82) is 0 Å². The lowest BCUT2D eigenvalue weighted by molar-refractivity contribution is -0.143. The third-order valence-electron chi connectivity index (χ3n) is 2.35. The molecule has 0 aliphatic heterocycles. The van der Waals surface area contributed by atoms with Gasteiger partial charge in [0, 0.05) is 13.6 Å². The number of pyridine rings is 1. The summed E-state index contributed by atoms with van der Waals surface area (Å²) in [5.74, 6) is -0.666. The molecule has 0 unspecified atom stereocenters. The molecule has 0 N–H and O–H groups in total. The normalized spacial score (nSPS) is 10.1. The highest BCUT2D eigenvalue weighted by molar-refractivity contribution is 6.34. The zero-order chi connectivity index (χ0) is 14.4. The SMILES string of the molecule is CCOC(=O)CCN(C)C(=O)c1ccc(Cl)nc1Cl. The Bertz CT molecular complexity index is 480. The first kappa shape index (κ1) is 15.7. The summed E-state index contributed by atoms with van der Waals surface area (Å²) in [5, 5.41) is 0.260. The van der Waals surface area contributed by atoms with Crippen LogP contribution in [0.25, 0.3) is 0 Å². The number of amides is 1. The third-order valence-corrected chi connectivity index (χ3v) is 2.85. The molecule has 104 valence electrons. The summed E-state index contributed by atoms with van der Waals surface area (Å²) < 4.78 is 4.78. The zero-order valence-electron chi connectivity index (χ0n) is 10.7. The van der Waals surface area contributed by atoms with Crippen LogP contribution >= 0.6 is 23.2 Å². The fourth-order valence-corrected chi connectivity index (χ4v) is 1.80. The van der Waals surface area contributed by atoms with Crippen molar-refractivity contribution in [2.45, 2.75) is 13.3 Å². The summed E-state index contributed by atoms with van der Waals surface area (Å²) in [6, 6.07) is 2.99. The fourth-order valence-electron chi connectivity index (χ4n) is 1.37. The number of hydrogen-bond donors (Lipinski definition) is 0. The molecule has 0 spiro atoms. The predicted molar refractivity (Wildman–Crippen MR) is 72.5 cm³/mol. The molecule has 0 aliphatic rings. The molecule has 0 radical (unpaired) electrons. The van der Waals surface area contributed by atoms with E-state index in [0.29, 0.717) is 6.61 Å². The first-order chi connectivity index (χ1) is 8.95. The Labute approximate surface area is 121 Å². The predicted octanol–water partition coefficient (Wildman–Crippen LogP) is 2.41. The molecule has 0 aliphatic carbocycles. The lowest BCUT2D eigenvalue weighted by Crippen LogP contribution is -2.29. The smallest absolute Gasteiger partial charge is 0.307 e. The minimum absolute atomic E-state index is 0.0421. The van der Waals surface area contributed by atoms with Crippen molar-refractivity contribution in [3.05, 3.63) is 28.0 Å². The molecule has 19 heavy (non-hydrogen) atoms. The van der Waals surface area contributed by atoms with Crippen LogP contribution in [0.5, 0.6) is 0 Å². The second kappa shape index (κ2) is 7.31. The van der Waals surface area contributed by atoms with Crippen molar-refractivity contribution < 1.29 is 14.3 Å². The average Bonchev–Trinajstić information content (AvgIpc) is 2.35. The topological polar surface area (TPSA) is 59.5 Å². The van der Waals surface area contributed by atoms with Crippen LogP contribution in [-0.4, -0.2) is 42.0 Å². The van der Waals surface area contributed by atoms with E-state index >= 15 is 0 Å². The van der Waals surface area contributed by atoms with Gasteiger partial charge in [0.15, 0.2) is 0 Å². The van der Waals surface area contributed by atoms with E-state index in [1.54, 1.807) is 14.0 Å². The van der Waals surface area contributed by atoms with E-state index in [4.69, 9.17) is 27.9 Å². The summed E-state index contributed by atoms with van der Waals surface area (Å²) in [6.07, 6.45) is 0.134. The summed E-state index contributed by atoms with van der Waals surface area (Å²) >= 11 is 11.5. The molecular weight excluding hydrogens is 291 g/mol. The van der Waals surface area contributed by atoms with Crippen molar-refractivity contribution in [3.63, 3.8) is 0 Å². The number of hydrogen-bond acceptors (Lipinski definition) is 4. The molecule has 0 bridgehead atoms. The van der Waals surface area contributed by atoms with Crippen LogP contribution in [0.4, 0.5) is 0 Å². The molecule has 5 nitrogen and oxygen atoms in total. The van der Waals surface area contributed by atoms with Gasteiger partial charge in [-0.3, -0.25) is 9.59 Å². The maximum atomic E-state index is 12.1. The van der Waals surface area contributed by atoms with Crippen molar-refractivity contribution in [3.8, 4) is 0 Å². The Morgan fingerprint density at radius 1 is 1.37 bits per heavy atom. The van der Waals surface area contributed by atoms with E-state index in [-0.39, 0.29) is 40.7 Å². The van der Waals surface area contributed by atoms with Crippen LogP contribution in [0.15, 0.2) is 12.1 Å². The first-order valence-corrected chi connectivity index (χ1v) is 6.44. The molecule has 7 heteroatoms. The molecule has 0 saturated heterocycles. The van der Waals surface area contributed by atoms with Gasteiger partial charge >= 0.3 is 5.97 Å². The fraction of sp³-hybridized carbons (Fsp3) is 0.417. The van der Waals surface area contributed by atoms with E-state index in [1.807, 2.05) is 0 Å². The van der Waals surface area contributed by atoms with Crippen molar-refractivity contribution in [2.75, 3.05) is 20.2 Å². The number of esters is 1. The zero-order valence-corrected chi connectivity index (χ0v) is 12.2. The maximum Gasteiger partial charge on any atom is 0.307 e. The van der Waals surface area contributed by atoms with Crippen LogP contribution in [0.1, 0.15) is 23.7 Å². The molecule has 1 heterocycles. The third kappa shape index (κ3) is 4.69. The number of aromatic nitrogens is 1. The van der Waals surface area contributed by atoms with E-state index in [1.165, 1.54) is 17.0 Å². The highest BCUT2D eigenvalue weighted by atomic mass is 35.5. The summed E-state index contributed by atoms with van der Waals surface area (Å²) in [5.41, 5.74) is 0.248. The Kier molecular flexibility index (Phi) is 6.05. The molecule has 0 fully saturated rings. The van der Waals surface area contributed by atoms with Crippen LogP contribution in [0.2, 0.25) is 10.3 Å². The van der Waals surface area contributed by atoms with Crippen LogP contribution < -0.4 is 0 Å². The minimum Gasteiger partial charge on any atom is -0.466 e. The number of rotatable bonds is 5. The lowest BCUT2D eigenvalue weighted by Gasteiger charge is -2.17. The van der Waals surface area contributed by atoms with Gasteiger partial charge in [-0.2, -0.15) is 0 Å². The average molecular weight is 305 g/mol. The molecule has 0 atom stereocenters. The van der Waals surface area contributed by atoms with Gasteiger partial charge in [0.05, 0.1) is 18.6 Å². The van der Waals surface area contributed by atoms with Crippen molar-refractivity contribution in [2.24, 2.45) is 0 Å². The van der Waals surface area contributed by atoms with Gasteiger partial charge in [-0.05, 0) is 19.1 Å². The van der Waals surface area contributed by atoms with E-state index < -0.39 is 0 Å². The molecule has 0 saturated carbocycles. The van der Waals surface area contributed by atoms with Crippen LogP contribution in [0.3, 0.4) is 0 Å². The molecule has 0 aromatic carbocycles. The number of nitrogens with zero attached hydrogens (tertiary/aromatic N) is 2. The summed E-state index contributed by atoms with van der Waals surface area (Å²) in [6.45, 7) is 2.30. The molecular formula is C12H14Cl2N2O3. The second-order valence-corrected chi connectivity index (χ2v) is 4.50. The number of carbonyl (C=O) groups is 2. The highest BCUT2D eigenvalue weighted by Crippen LogP contribution is 2.18. The number of halogens is 2. The quantitative estimate of drug-likeness (QED) is 0.619. The Morgan fingerprint density at radius 3 is 2.63 bits per heavy atom. The van der Waals surface area contributed by atoms with Gasteiger partial charge < -0.3 is 9.64 Å². The van der Waals surface area contributed by atoms with Crippen molar-refractivity contribution in [1.82, 2.24) is 9.88 Å². The number of ether oxygens (including phenoxy) is 1. The number of carbonyl (C=O) groups excluding carboxylic acids is 2. The van der Waals surface area contributed by atoms with E-state index in [2.05, 4.69) is 4.98 Å². The molecule has 1 amide bonds. The Hall–Kier alpha value is -1.33. The van der Waals surface area contributed by atoms with Crippen LogP contribution in [-0.2, 0) is 9.53 Å². The van der Waals surface area contributed by atoms with Gasteiger partial charge in [-0.15, -0.1) is 0 Å². The Balaban J connectivity index is 2.64. The first-order valence-electron chi connectivity index (χ1n) is 5.68. The van der Waals surface area contributed by atoms with Gasteiger partial charge in [0.25, 0.3) is 5.91 Å². The van der Waals surface area contributed by atoms with E-state index in [9.17, 15) is 9.59 Å². The maximum absolute atomic E-state index is 12.1. The standard InChI is InChI=1S/C12H14Cl2N2O3/c1-3-19-10(17)6-7-16(2)12(18)8-4-5-9(13)15-11(8)14/h4-5H,3,6-7H2,1-2H3. The lowest BCUT2D eigenvalue weighted by atomic mass is 10.2. The summed E-state index contributed by atoms with van der Waals surface area (Å²) in [4.78, 5) is 28.4. The van der Waals surface area contributed by atoms with Crippen LogP contribution in [0, 0.1) is 0 Å². The molecule has 1 aromatic heterocycles. The monoisotopic (exact) mass is 304 g/mol.